The largest absolute Gasteiger partial charge is 0.354 e. The van der Waals surface area contributed by atoms with Gasteiger partial charge in [0, 0.05) is 19.1 Å². The number of aromatic nitrogens is 2. The maximum absolute atomic E-state index is 13.9. The zero-order chi connectivity index (χ0) is 21.8. The third-order valence-corrected chi connectivity index (χ3v) is 6.34. The second-order valence-corrected chi connectivity index (χ2v) is 9.11. The standard InChI is InChI=1S/C22H26FN5O2S/c1-14-4-7-18(17(23)11-14)25-20(29)13-31-21-9-8-19(26-27-21)28-10-2-3-15(12-28)22(30)24-16-5-6-16/h4,7-9,11,15-16H,2-3,5-6,10,12-13H2,1H3,(H,24,30)(H,25,29)/t15-/m1/s1. The average molecular weight is 444 g/mol. The Labute approximate surface area is 185 Å². The number of halogens is 1. The summed E-state index contributed by atoms with van der Waals surface area (Å²) in [7, 11) is 0. The van der Waals surface area contributed by atoms with Gasteiger partial charge in [0.25, 0.3) is 0 Å². The molecule has 1 saturated heterocycles. The maximum Gasteiger partial charge on any atom is 0.234 e. The summed E-state index contributed by atoms with van der Waals surface area (Å²) in [6, 6.07) is 8.75. The second-order valence-electron chi connectivity index (χ2n) is 8.12. The van der Waals surface area contributed by atoms with E-state index in [-0.39, 0.29) is 29.2 Å². The Bertz CT molecular complexity index is 951. The van der Waals surface area contributed by atoms with Crippen LogP contribution >= 0.6 is 11.8 Å². The summed E-state index contributed by atoms with van der Waals surface area (Å²) in [5.74, 6) is 0.209. The molecule has 164 valence electrons. The Morgan fingerprint density at radius 3 is 2.74 bits per heavy atom. The quantitative estimate of drug-likeness (QED) is 0.640. The van der Waals surface area contributed by atoms with Crippen molar-refractivity contribution in [3.63, 3.8) is 0 Å². The SMILES string of the molecule is Cc1ccc(NC(=O)CSc2ccc(N3CCC[C@@H](C(=O)NC4CC4)C3)nn2)c(F)c1. The van der Waals surface area contributed by atoms with Crippen LogP contribution in [0.25, 0.3) is 0 Å². The highest BCUT2D eigenvalue weighted by Gasteiger charge is 2.30. The van der Waals surface area contributed by atoms with Gasteiger partial charge < -0.3 is 15.5 Å². The normalized spacial score (nSPS) is 18.5. The second kappa shape index (κ2) is 9.64. The summed E-state index contributed by atoms with van der Waals surface area (Å²) in [4.78, 5) is 26.6. The van der Waals surface area contributed by atoms with Gasteiger partial charge in [-0.05, 0) is 62.4 Å². The van der Waals surface area contributed by atoms with Crippen LogP contribution in [0.5, 0.6) is 0 Å². The minimum atomic E-state index is -0.451. The molecule has 0 radical (unpaired) electrons. The highest BCUT2D eigenvalue weighted by molar-refractivity contribution is 7.99. The van der Waals surface area contributed by atoms with E-state index in [4.69, 9.17) is 0 Å². The van der Waals surface area contributed by atoms with E-state index in [1.54, 1.807) is 19.1 Å². The van der Waals surface area contributed by atoms with Crippen LogP contribution in [0.2, 0.25) is 0 Å². The summed E-state index contributed by atoms with van der Waals surface area (Å²) < 4.78 is 13.9. The number of hydrogen-bond donors (Lipinski definition) is 2. The van der Waals surface area contributed by atoms with Crippen molar-refractivity contribution in [2.24, 2.45) is 5.92 Å². The third kappa shape index (κ3) is 5.94. The summed E-state index contributed by atoms with van der Waals surface area (Å²) in [5.41, 5.74) is 0.965. The van der Waals surface area contributed by atoms with Gasteiger partial charge in [0.05, 0.1) is 17.4 Å². The van der Waals surface area contributed by atoms with Gasteiger partial charge in [0.2, 0.25) is 11.8 Å². The van der Waals surface area contributed by atoms with Crippen molar-refractivity contribution in [1.82, 2.24) is 15.5 Å². The van der Waals surface area contributed by atoms with E-state index in [9.17, 15) is 14.0 Å². The first-order valence-electron chi connectivity index (χ1n) is 10.6. The average Bonchev–Trinajstić information content (AvgIpc) is 3.59. The number of piperidine rings is 1. The molecule has 31 heavy (non-hydrogen) atoms. The first-order chi connectivity index (χ1) is 15.0. The molecule has 9 heteroatoms. The number of thioether (sulfide) groups is 1. The van der Waals surface area contributed by atoms with Crippen LogP contribution in [0.15, 0.2) is 35.4 Å². The molecule has 1 saturated carbocycles. The van der Waals surface area contributed by atoms with Crippen molar-refractivity contribution in [1.29, 1.82) is 0 Å². The summed E-state index contributed by atoms with van der Waals surface area (Å²) >= 11 is 1.24. The third-order valence-electron chi connectivity index (χ3n) is 5.42. The van der Waals surface area contributed by atoms with Gasteiger partial charge in [-0.15, -0.1) is 10.2 Å². The number of amides is 2. The number of carbonyl (C=O) groups is 2. The molecule has 0 bridgehead atoms. The molecular weight excluding hydrogens is 417 g/mol. The van der Waals surface area contributed by atoms with E-state index in [1.807, 2.05) is 12.1 Å². The first-order valence-corrected chi connectivity index (χ1v) is 11.5. The van der Waals surface area contributed by atoms with Crippen LogP contribution in [0.4, 0.5) is 15.9 Å². The molecule has 1 aliphatic carbocycles. The Kier molecular flexibility index (Phi) is 6.70. The molecular formula is C22H26FN5O2S. The molecule has 1 aromatic heterocycles. The van der Waals surface area contributed by atoms with Gasteiger partial charge in [0.1, 0.15) is 10.8 Å². The number of nitrogens with one attached hydrogen (secondary N) is 2. The molecule has 0 spiro atoms. The number of benzene rings is 1. The molecule has 4 rings (SSSR count). The molecule has 0 unspecified atom stereocenters. The van der Waals surface area contributed by atoms with Crippen LogP contribution in [-0.2, 0) is 9.59 Å². The van der Waals surface area contributed by atoms with Gasteiger partial charge in [-0.2, -0.15) is 0 Å². The molecule has 2 aliphatic rings. The lowest BCUT2D eigenvalue weighted by atomic mass is 9.97. The number of nitrogens with zero attached hydrogens (tertiary/aromatic N) is 3. The van der Waals surface area contributed by atoms with Crippen LogP contribution in [0.3, 0.4) is 0 Å². The van der Waals surface area contributed by atoms with Crippen LogP contribution in [0, 0.1) is 18.7 Å². The molecule has 2 amide bonds. The van der Waals surface area contributed by atoms with Crippen LogP contribution < -0.4 is 15.5 Å². The lowest BCUT2D eigenvalue weighted by Gasteiger charge is -2.32. The number of rotatable bonds is 7. The van der Waals surface area contributed by atoms with E-state index in [0.717, 1.165) is 43.6 Å². The Morgan fingerprint density at radius 1 is 1.19 bits per heavy atom. The monoisotopic (exact) mass is 443 g/mol. The molecule has 2 N–H and O–H groups in total. The maximum atomic E-state index is 13.9. The lowest BCUT2D eigenvalue weighted by Crippen LogP contribution is -2.44. The van der Waals surface area contributed by atoms with E-state index in [1.165, 1.54) is 17.8 Å². The van der Waals surface area contributed by atoms with Crippen molar-refractivity contribution >= 4 is 35.1 Å². The van der Waals surface area contributed by atoms with Crippen molar-refractivity contribution in [3.05, 3.63) is 41.7 Å². The van der Waals surface area contributed by atoms with Crippen LogP contribution in [-0.4, -0.2) is 46.9 Å². The number of anilines is 2. The Hall–Kier alpha value is -2.68. The van der Waals surface area contributed by atoms with E-state index in [2.05, 4.69) is 25.7 Å². The molecule has 2 fully saturated rings. The molecule has 2 aromatic rings. The van der Waals surface area contributed by atoms with Crippen molar-refractivity contribution < 1.29 is 14.0 Å². The fourth-order valence-electron chi connectivity index (χ4n) is 3.55. The van der Waals surface area contributed by atoms with Gasteiger partial charge in [-0.3, -0.25) is 9.59 Å². The molecule has 1 aliphatic heterocycles. The molecule has 2 heterocycles. The summed E-state index contributed by atoms with van der Waals surface area (Å²) in [5, 5.41) is 14.8. The Balaban J connectivity index is 1.27. The zero-order valence-electron chi connectivity index (χ0n) is 17.4. The van der Waals surface area contributed by atoms with Crippen molar-refractivity contribution in [2.45, 2.75) is 43.7 Å². The predicted molar refractivity (Wildman–Crippen MR) is 119 cm³/mol. The topological polar surface area (TPSA) is 87.2 Å². The van der Waals surface area contributed by atoms with Gasteiger partial charge >= 0.3 is 0 Å². The molecule has 1 atom stereocenters. The van der Waals surface area contributed by atoms with Crippen LogP contribution in [0.1, 0.15) is 31.2 Å². The van der Waals surface area contributed by atoms with Crippen molar-refractivity contribution in [2.75, 3.05) is 29.1 Å². The highest BCUT2D eigenvalue weighted by Crippen LogP contribution is 2.25. The number of aryl methyl sites for hydroxylation is 1. The van der Waals surface area contributed by atoms with Gasteiger partial charge in [0.15, 0.2) is 5.82 Å². The van der Waals surface area contributed by atoms with Crippen molar-refractivity contribution in [3.8, 4) is 0 Å². The Morgan fingerprint density at radius 2 is 2.03 bits per heavy atom. The molecule has 1 aromatic carbocycles. The molecule has 7 nitrogen and oxygen atoms in total. The minimum absolute atomic E-state index is 0.0175. The number of hydrogen-bond acceptors (Lipinski definition) is 6. The number of carbonyl (C=O) groups excluding carboxylic acids is 2. The van der Waals surface area contributed by atoms with E-state index >= 15 is 0 Å². The predicted octanol–water partition coefficient (Wildman–Crippen LogP) is 3.15. The lowest BCUT2D eigenvalue weighted by molar-refractivity contribution is -0.125. The fraction of sp³-hybridized carbons (Fsp3) is 0.455. The fourth-order valence-corrected chi connectivity index (χ4v) is 4.17. The smallest absolute Gasteiger partial charge is 0.234 e. The summed E-state index contributed by atoms with van der Waals surface area (Å²) in [6.07, 6.45) is 4.01. The minimum Gasteiger partial charge on any atom is -0.354 e. The van der Waals surface area contributed by atoms with E-state index in [0.29, 0.717) is 17.6 Å². The zero-order valence-corrected chi connectivity index (χ0v) is 18.3. The van der Waals surface area contributed by atoms with E-state index < -0.39 is 5.82 Å². The van der Waals surface area contributed by atoms with Gasteiger partial charge in [-0.1, -0.05) is 17.8 Å². The van der Waals surface area contributed by atoms with Gasteiger partial charge in [-0.25, -0.2) is 4.39 Å². The first kappa shape index (κ1) is 21.5. The highest BCUT2D eigenvalue weighted by atomic mass is 32.2. The summed E-state index contributed by atoms with van der Waals surface area (Å²) in [6.45, 7) is 3.28.